The predicted molar refractivity (Wildman–Crippen MR) is 72.1 cm³/mol. The molecule has 1 aliphatic rings. The zero-order chi connectivity index (χ0) is 15.0. The first-order valence-corrected chi connectivity index (χ1v) is 6.73. The maximum absolute atomic E-state index is 12.5. The van der Waals surface area contributed by atoms with Crippen molar-refractivity contribution in [3.05, 3.63) is 41.6 Å². The molecule has 0 bridgehead atoms. The van der Waals surface area contributed by atoms with Gasteiger partial charge in [-0.2, -0.15) is 13.2 Å². The summed E-state index contributed by atoms with van der Waals surface area (Å²) < 4.78 is 37.5. The summed E-state index contributed by atoms with van der Waals surface area (Å²) in [5.41, 5.74) is 0.291. The average molecular weight is 296 g/mol. The molecule has 0 aromatic carbocycles. The van der Waals surface area contributed by atoms with Crippen molar-refractivity contribution in [1.82, 2.24) is 15.0 Å². The second kappa shape index (κ2) is 5.05. The van der Waals surface area contributed by atoms with Crippen molar-refractivity contribution in [3.63, 3.8) is 0 Å². The highest BCUT2D eigenvalue weighted by Gasteiger charge is 2.32. The fraction of sp³-hybridized carbons (Fsp3) is 0.429. The number of aromatic amines is 1. The van der Waals surface area contributed by atoms with Gasteiger partial charge < -0.3 is 9.88 Å². The van der Waals surface area contributed by atoms with Crippen LogP contribution in [0.1, 0.15) is 29.4 Å². The number of aryl methyl sites for hydroxylation is 1. The average Bonchev–Trinajstić information content (AvgIpc) is 3.06. The topological polar surface area (TPSA) is 44.8 Å². The lowest BCUT2D eigenvalue weighted by Gasteiger charge is -2.17. The van der Waals surface area contributed by atoms with Crippen molar-refractivity contribution >= 4 is 5.82 Å². The van der Waals surface area contributed by atoms with Crippen LogP contribution in [-0.2, 0) is 6.18 Å². The molecule has 1 N–H and O–H groups in total. The number of hydrogen-bond acceptors (Lipinski definition) is 3. The van der Waals surface area contributed by atoms with E-state index in [0.717, 1.165) is 36.7 Å². The van der Waals surface area contributed by atoms with Gasteiger partial charge in [-0.3, -0.25) is 0 Å². The van der Waals surface area contributed by atoms with Crippen LogP contribution in [-0.4, -0.2) is 28.0 Å². The Kier molecular flexibility index (Phi) is 3.35. The molecular formula is C14H15F3N4. The van der Waals surface area contributed by atoms with E-state index in [4.69, 9.17) is 0 Å². The Morgan fingerprint density at radius 2 is 2.05 bits per heavy atom. The van der Waals surface area contributed by atoms with Gasteiger partial charge in [0.1, 0.15) is 11.6 Å². The number of halogens is 3. The molecule has 0 saturated carbocycles. The Balaban J connectivity index is 1.71. The van der Waals surface area contributed by atoms with Crippen molar-refractivity contribution in [2.75, 3.05) is 18.0 Å². The van der Waals surface area contributed by atoms with Crippen molar-refractivity contribution in [3.8, 4) is 0 Å². The van der Waals surface area contributed by atoms with Gasteiger partial charge in [-0.1, -0.05) is 0 Å². The summed E-state index contributed by atoms with van der Waals surface area (Å²) >= 11 is 0. The van der Waals surface area contributed by atoms with Gasteiger partial charge in [0.15, 0.2) is 0 Å². The molecule has 1 atom stereocenters. The van der Waals surface area contributed by atoms with E-state index < -0.39 is 11.7 Å². The van der Waals surface area contributed by atoms with Crippen LogP contribution in [0.5, 0.6) is 0 Å². The van der Waals surface area contributed by atoms with E-state index in [1.807, 2.05) is 11.8 Å². The fourth-order valence-electron chi connectivity index (χ4n) is 2.57. The molecule has 0 amide bonds. The van der Waals surface area contributed by atoms with Gasteiger partial charge in [0.2, 0.25) is 0 Å². The van der Waals surface area contributed by atoms with Crippen molar-refractivity contribution in [2.45, 2.75) is 25.4 Å². The molecule has 112 valence electrons. The van der Waals surface area contributed by atoms with Gasteiger partial charge in [0.05, 0.1) is 5.56 Å². The molecule has 1 fully saturated rings. The van der Waals surface area contributed by atoms with E-state index in [0.29, 0.717) is 12.4 Å². The van der Waals surface area contributed by atoms with Crippen molar-refractivity contribution in [2.24, 2.45) is 0 Å². The molecular weight excluding hydrogens is 281 g/mol. The molecule has 2 aromatic heterocycles. The third-order valence-corrected chi connectivity index (χ3v) is 3.70. The van der Waals surface area contributed by atoms with Crippen molar-refractivity contribution < 1.29 is 13.2 Å². The van der Waals surface area contributed by atoms with Gasteiger partial charge in [-0.05, 0) is 25.5 Å². The van der Waals surface area contributed by atoms with Gasteiger partial charge in [-0.15, -0.1) is 0 Å². The van der Waals surface area contributed by atoms with Gasteiger partial charge >= 0.3 is 6.18 Å². The van der Waals surface area contributed by atoms with Crippen LogP contribution >= 0.6 is 0 Å². The first-order chi connectivity index (χ1) is 9.93. The molecule has 0 spiro atoms. The molecule has 3 heterocycles. The SMILES string of the molecule is Cc1cnc([C@@H]2CCN(c3ccc(C(F)(F)F)cn3)C2)[nH]1. The van der Waals surface area contributed by atoms with Crippen molar-refractivity contribution in [1.29, 1.82) is 0 Å². The summed E-state index contributed by atoms with van der Waals surface area (Å²) in [4.78, 5) is 13.5. The molecule has 0 aliphatic carbocycles. The molecule has 4 nitrogen and oxygen atoms in total. The van der Waals surface area contributed by atoms with Gasteiger partial charge in [0.25, 0.3) is 0 Å². The number of nitrogens with one attached hydrogen (secondary N) is 1. The number of imidazole rings is 1. The minimum absolute atomic E-state index is 0.266. The maximum Gasteiger partial charge on any atom is 0.417 e. The summed E-state index contributed by atoms with van der Waals surface area (Å²) in [6.07, 6.45) is -0.755. The normalized spacial score (nSPS) is 19.2. The number of H-pyrrole nitrogens is 1. The first kappa shape index (κ1) is 13.9. The van der Waals surface area contributed by atoms with Crippen LogP contribution in [0.2, 0.25) is 0 Å². The van der Waals surface area contributed by atoms with Crippen LogP contribution in [0.25, 0.3) is 0 Å². The van der Waals surface area contributed by atoms with Crippen LogP contribution in [0, 0.1) is 6.92 Å². The fourth-order valence-corrected chi connectivity index (χ4v) is 2.57. The predicted octanol–water partition coefficient (Wildman–Crippen LogP) is 3.13. The number of hydrogen-bond donors (Lipinski definition) is 1. The number of aromatic nitrogens is 3. The Bertz CT molecular complexity index is 618. The lowest BCUT2D eigenvalue weighted by molar-refractivity contribution is -0.137. The van der Waals surface area contributed by atoms with E-state index in [9.17, 15) is 13.2 Å². The summed E-state index contributed by atoms with van der Waals surface area (Å²) in [6.45, 7) is 3.43. The number of alkyl halides is 3. The minimum atomic E-state index is -4.34. The monoisotopic (exact) mass is 296 g/mol. The third-order valence-electron chi connectivity index (χ3n) is 3.70. The lowest BCUT2D eigenvalue weighted by atomic mass is 10.1. The second-order valence-corrected chi connectivity index (χ2v) is 5.29. The molecule has 0 radical (unpaired) electrons. The first-order valence-electron chi connectivity index (χ1n) is 6.73. The quantitative estimate of drug-likeness (QED) is 0.926. The highest BCUT2D eigenvalue weighted by atomic mass is 19.4. The summed E-state index contributed by atoms with van der Waals surface area (Å²) in [5, 5.41) is 0. The van der Waals surface area contributed by atoms with Crippen LogP contribution in [0.3, 0.4) is 0 Å². The number of nitrogens with zero attached hydrogens (tertiary/aromatic N) is 3. The minimum Gasteiger partial charge on any atom is -0.356 e. The highest BCUT2D eigenvalue weighted by molar-refractivity contribution is 5.42. The van der Waals surface area contributed by atoms with E-state index >= 15 is 0 Å². The zero-order valence-electron chi connectivity index (χ0n) is 11.5. The molecule has 3 rings (SSSR count). The Hall–Kier alpha value is -2.05. The summed E-state index contributed by atoms with van der Waals surface area (Å²) in [6, 6.07) is 2.51. The smallest absolute Gasteiger partial charge is 0.356 e. The van der Waals surface area contributed by atoms with Crippen LogP contribution < -0.4 is 4.90 Å². The zero-order valence-corrected chi connectivity index (χ0v) is 11.5. The molecule has 1 saturated heterocycles. The number of anilines is 1. The Labute approximate surface area is 120 Å². The lowest BCUT2D eigenvalue weighted by Crippen LogP contribution is -2.21. The number of rotatable bonds is 2. The van der Waals surface area contributed by atoms with E-state index in [1.54, 1.807) is 6.20 Å². The molecule has 2 aromatic rings. The van der Waals surface area contributed by atoms with E-state index in [-0.39, 0.29) is 5.92 Å². The van der Waals surface area contributed by atoms with E-state index in [2.05, 4.69) is 15.0 Å². The highest BCUT2D eigenvalue weighted by Crippen LogP contribution is 2.31. The molecule has 0 unspecified atom stereocenters. The second-order valence-electron chi connectivity index (χ2n) is 5.29. The van der Waals surface area contributed by atoms with E-state index in [1.165, 1.54) is 6.07 Å². The van der Waals surface area contributed by atoms with Gasteiger partial charge in [-0.25, -0.2) is 9.97 Å². The van der Waals surface area contributed by atoms with Gasteiger partial charge in [0, 0.05) is 37.1 Å². The standard InChI is InChI=1S/C14H15F3N4/c1-9-6-19-13(20-9)10-4-5-21(8-10)12-3-2-11(7-18-12)14(15,16)17/h2-3,6-7,10H,4-5,8H2,1H3,(H,19,20)/t10-/m1/s1. The Morgan fingerprint density at radius 3 is 2.62 bits per heavy atom. The number of pyridine rings is 1. The van der Waals surface area contributed by atoms with Crippen LogP contribution in [0.4, 0.5) is 19.0 Å². The molecule has 7 heteroatoms. The summed E-state index contributed by atoms with van der Waals surface area (Å²) in [5.74, 6) is 1.78. The van der Waals surface area contributed by atoms with Crippen LogP contribution in [0.15, 0.2) is 24.5 Å². The Morgan fingerprint density at radius 1 is 1.24 bits per heavy atom. The largest absolute Gasteiger partial charge is 0.417 e. The third kappa shape index (κ3) is 2.86. The molecule has 1 aliphatic heterocycles. The molecule has 21 heavy (non-hydrogen) atoms. The maximum atomic E-state index is 12.5. The summed E-state index contributed by atoms with van der Waals surface area (Å²) in [7, 11) is 0.